The average molecular weight is 437 g/mol. The minimum atomic E-state index is -1.17. The van der Waals surface area contributed by atoms with Crippen LogP contribution in [0.5, 0.6) is 0 Å². The quantitative estimate of drug-likeness (QED) is 0.572. The summed E-state index contributed by atoms with van der Waals surface area (Å²) in [5.74, 6) is 3.65. The van der Waals surface area contributed by atoms with Gasteiger partial charge in [-0.25, -0.2) is 9.59 Å². The Balaban J connectivity index is 1.32. The number of hydrogen-bond donors (Lipinski definition) is 1. The maximum atomic E-state index is 13.1. The van der Waals surface area contributed by atoms with E-state index in [0.717, 1.165) is 18.4 Å². The number of carbonyl (C=O) groups excluding carboxylic acids is 1. The molecule has 5 nitrogen and oxygen atoms in total. The molecule has 1 N–H and O–H groups in total. The van der Waals surface area contributed by atoms with Crippen molar-refractivity contribution >= 4 is 12.1 Å². The van der Waals surface area contributed by atoms with Crippen molar-refractivity contribution in [2.75, 3.05) is 13.2 Å². The third kappa shape index (κ3) is 4.08. The third-order valence-corrected chi connectivity index (χ3v) is 6.41. The smallest absolute Gasteiger partial charge is 0.410 e. The molecule has 1 aliphatic carbocycles. The van der Waals surface area contributed by atoms with E-state index in [1.54, 1.807) is 11.0 Å². The Morgan fingerprint density at radius 1 is 0.970 bits per heavy atom. The molecule has 0 spiro atoms. The zero-order chi connectivity index (χ0) is 22.8. The van der Waals surface area contributed by atoms with Gasteiger partial charge in [0, 0.05) is 23.9 Å². The van der Waals surface area contributed by atoms with E-state index in [0.29, 0.717) is 18.7 Å². The minimum absolute atomic E-state index is 0.0250. The van der Waals surface area contributed by atoms with Crippen molar-refractivity contribution in [2.24, 2.45) is 0 Å². The Morgan fingerprint density at radius 3 is 2.36 bits per heavy atom. The highest BCUT2D eigenvalue weighted by atomic mass is 16.6. The van der Waals surface area contributed by atoms with Crippen LogP contribution in [-0.2, 0) is 9.53 Å². The van der Waals surface area contributed by atoms with Crippen molar-refractivity contribution in [3.8, 4) is 23.0 Å². The molecule has 0 aromatic heterocycles. The summed E-state index contributed by atoms with van der Waals surface area (Å²) in [6, 6.07) is 23.9. The Bertz CT molecular complexity index is 1240. The number of amides is 1. The third-order valence-electron chi connectivity index (χ3n) is 6.41. The normalized spacial score (nSPS) is 16.5. The van der Waals surface area contributed by atoms with Gasteiger partial charge in [-0.3, -0.25) is 0 Å². The lowest BCUT2D eigenvalue weighted by atomic mass is 9.98. The lowest BCUT2D eigenvalue weighted by Gasteiger charge is -2.25. The second-order valence-corrected chi connectivity index (χ2v) is 8.34. The first kappa shape index (κ1) is 20.8. The molecule has 1 unspecified atom stereocenters. The van der Waals surface area contributed by atoms with E-state index in [9.17, 15) is 9.59 Å². The molecule has 5 heteroatoms. The van der Waals surface area contributed by atoms with Crippen LogP contribution in [0.4, 0.5) is 4.79 Å². The Hall–Kier alpha value is -4.04. The van der Waals surface area contributed by atoms with Gasteiger partial charge >= 0.3 is 12.1 Å². The predicted molar refractivity (Wildman–Crippen MR) is 125 cm³/mol. The first-order valence-corrected chi connectivity index (χ1v) is 11.1. The van der Waals surface area contributed by atoms with Crippen LogP contribution >= 0.6 is 0 Å². The molecule has 1 atom stereocenters. The summed E-state index contributed by atoms with van der Waals surface area (Å²) in [7, 11) is 0. The Morgan fingerprint density at radius 2 is 1.67 bits per heavy atom. The van der Waals surface area contributed by atoms with Crippen molar-refractivity contribution in [1.82, 2.24) is 4.90 Å². The fourth-order valence-corrected chi connectivity index (χ4v) is 4.96. The zero-order valence-corrected chi connectivity index (χ0v) is 18.0. The van der Waals surface area contributed by atoms with E-state index < -0.39 is 5.97 Å². The van der Waals surface area contributed by atoms with Crippen molar-refractivity contribution < 1.29 is 19.4 Å². The summed E-state index contributed by atoms with van der Waals surface area (Å²) in [6.45, 7) is 0.923. The highest BCUT2D eigenvalue weighted by Crippen LogP contribution is 2.44. The number of carboxylic acids is 1. The van der Waals surface area contributed by atoms with Crippen molar-refractivity contribution in [1.29, 1.82) is 0 Å². The van der Waals surface area contributed by atoms with Gasteiger partial charge in [0.2, 0.25) is 0 Å². The van der Waals surface area contributed by atoms with Crippen molar-refractivity contribution in [3.05, 3.63) is 95.1 Å². The van der Waals surface area contributed by atoms with Crippen molar-refractivity contribution in [3.63, 3.8) is 0 Å². The average Bonchev–Trinajstić information content (AvgIpc) is 3.45. The highest BCUT2D eigenvalue weighted by Gasteiger charge is 2.33. The first-order chi connectivity index (χ1) is 16.1. The number of benzene rings is 3. The molecule has 5 rings (SSSR count). The zero-order valence-electron chi connectivity index (χ0n) is 18.0. The van der Waals surface area contributed by atoms with E-state index in [2.05, 4.69) is 36.1 Å². The SMILES string of the molecule is O=C(O)C#Cc1cccc(C2CCCN2C(=O)OCC2c3ccccc3-c3ccccc32)c1. The molecule has 1 aliphatic heterocycles. The van der Waals surface area contributed by atoms with Crippen LogP contribution in [0, 0.1) is 11.8 Å². The molecular formula is C28H23NO4. The summed E-state index contributed by atoms with van der Waals surface area (Å²) < 4.78 is 5.87. The monoisotopic (exact) mass is 437 g/mol. The number of aliphatic carboxylic acids is 1. The number of carboxylic acid groups (broad SMARTS) is 1. The highest BCUT2D eigenvalue weighted by molar-refractivity contribution is 5.87. The lowest BCUT2D eigenvalue weighted by Crippen LogP contribution is -2.32. The van der Waals surface area contributed by atoms with Gasteiger partial charge < -0.3 is 14.7 Å². The summed E-state index contributed by atoms with van der Waals surface area (Å²) in [6.07, 6.45) is 1.40. The van der Waals surface area contributed by atoms with E-state index in [-0.39, 0.29) is 18.1 Å². The van der Waals surface area contributed by atoms with Gasteiger partial charge in [0.15, 0.2) is 0 Å². The molecule has 3 aromatic carbocycles. The van der Waals surface area contributed by atoms with Gasteiger partial charge in [-0.2, -0.15) is 0 Å². The van der Waals surface area contributed by atoms with Crippen molar-refractivity contribution in [2.45, 2.75) is 24.8 Å². The van der Waals surface area contributed by atoms with Crippen LogP contribution < -0.4 is 0 Å². The molecule has 1 saturated heterocycles. The topological polar surface area (TPSA) is 66.8 Å². The van der Waals surface area contributed by atoms with Gasteiger partial charge in [-0.15, -0.1) is 0 Å². The molecule has 2 aliphatic rings. The van der Waals surface area contributed by atoms with E-state index in [1.807, 2.05) is 42.5 Å². The fraction of sp³-hybridized carbons (Fsp3) is 0.214. The van der Waals surface area contributed by atoms with Crippen LogP contribution in [0.25, 0.3) is 11.1 Å². The molecular weight excluding hydrogens is 414 g/mol. The summed E-state index contributed by atoms with van der Waals surface area (Å²) in [5, 5.41) is 8.80. The maximum Gasteiger partial charge on any atom is 0.410 e. The predicted octanol–water partition coefficient (Wildman–Crippen LogP) is 5.21. The molecule has 33 heavy (non-hydrogen) atoms. The molecule has 1 heterocycles. The molecule has 1 fully saturated rings. The molecule has 0 bridgehead atoms. The summed E-state index contributed by atoms with van der Waals surface area (Å²) in [4.78, 5) is 25.6. The van der Waals surface area contributed by atoms with Crippen LogP contribution in [0.2, 0.25) is 0 Å². The Kier molecular flexibility index (Phi) is 5.58. The van der Waals surface area contributed by atoms with Gasteiger partial charge in [0.1, 0.15) is 6.61 Å². The number of likely N-dealkylation sites (tertiary alicyclic amines) is 1. The molecule has 1 amide bonds. The van der Waals surface area contributed by atoms with Crippen LogP contribution in [0.1, 0.15) is 47.1 Å². The molecule has 0 saturated carbocycles. The summed E-state index contributed by atoms with van der Waals surface area (Å²) in [5.41, 5.74) is 6.34. The molecule has 164 valence electrons. The number of carbonyl (C=O) groups is 2. The second kappa shape index (κ2) is 8.84. The van der Waals surface area contributed by atoms with Gasteiger partial charge in [-0.1, -0.05) is 66.6 Å². The second-order valence-electron chi connectivity index (χ2n) is 8.34. The fourth-order valence-electron chi connectivity index (χ4n) is 4.96. The van der Waals surface area contributed by atoms with E-state index in [4.69, 9.17) is 9.84 Å². The van der Waals surface area contributed by atoms with Gasteiger partial charge in [-0.05, 0) is 52.8 Å². The van der Waals surface area contributed by atoms with E-state index in [1.165, 1.54) is 22.3 Å². The van der Waals surface area contributed by atoms with Crippen LogP contribution in [-0.4, -0.2) is 35.2 Å². The van der Waals surface area contributed by atoms with Gasteiger partial charge in [0.05, 0.1) is 6.04 Å². The minimum Gasteiger partial charge on any atom is -0.472 e. The first-order valence-electron chi connectivity index (χ1n) is 11.1. The standard InChI is InChI=1S/C28H23NO4/c30-27(31)15-14-19-7-5-8-20(17-19)26-13-6-16-29(26)28(32)33-18-25-23-11-3-1-9-21(23)22-10-2-4-12-24(22)25/h1-5,7-12,17,25-26H,6,13,16,18H2,(H,30,31). The molecule has 0 radical (unpaired) electrons. The summed E-state index contributed by atoms with van der Waals surface area (Å²) >= 11 is 0. The lowest BCUT2D eigenvalue weighted by molar-refractivity contribution is -0.130. The Labute approximate surface area is 192 Å². The van der Waals surface area contributed by atoms with Gasteiger partial charge in [0.25, 0.3) is 0 Å². The largest absolute Gasteiger partial charge is 0.472 e. The van der Waals surface area contributed by atoms with Crippen LogP contribution in [0.3, 0.4) is 0 Å². The number of ether oxygens (including phenoxy) is 1. The van der Waals surface area contributed by atoms with E-state index >= 15 is 0 Å². The number of rotatable bonds is 3. The maximum absolute atomic E-state index is 13.1. The number of fused-ring (bicyclic) bond motifs is 3. The number of nitrogens with zero attached hydrogens (tertiary/aromatic N) is 1. The molecule has 3 aromatic rings. The number of hydrogen-bond acceptors (Lipinski definition) is 3. The van der Waals surface area contributed by atoms with Crippen LogP contribution in [0.15, 0.2) is 72.8 Å².